The Morgan fingerprint density at radius 3 is 2.68 bits per heavy atom. The van der Waals surface area contributed by atoms with E-state index in [1.165, 1.54) is 0 Å². The van der Waals surface area contributed by atoms with Crippen LogP contribution in [0.5, 0.6) is 5.75 Å². The number of hydrogen-bond donors (Lipinski definition) is 2. The Morgan fingerprint density at radius 1 is 1.26 bits per heavy atom. The molecule has 0 bridgehead atoms. The third-order valence-corrected chi connectivity index (χ3v) is 2.70. The lowest BCUT2D eigenvalue weighted by molar-refractivity contribution is 0.261. The van der Waals surface area contributed by atoms with Crippen LogP contribution >= 0.6 is 0 Å². The zero-order valence-corrected chi connectivity index (χ0v) is 11.4. The van der Waals surface area contributed by atoms with Gasteiger partial charge in [0, 0.05) is 18.4 Å². The maximum absolute atomic E-state index is 5.64. The van der Waals surface area contributed by atoms with E-state index < -0.39 is 0 Å². The maximum Gasteiger partial charge on any atom is 0.119 e. The molecule has 0 saturated carbocycles. The molecule has 5 nitrogen and oxygen atoms in total. The second-order valence-corrected chi connectivity index (χ2v) is 4.61. The van der Waals surface area contributed by atoms with E-state index in [9.17, 15) is 0 Å². The molecule has 0 aliphatic heterocycles. The van der Waals surface area contributed by atoms with Crippen LogP contribution in [0.15, 0.2) is 36.8 Å². The van der Waals surface area contributed by atoms with Crippen molar-refractivity contribution in [3.8, 4) is 5.75 Å². The molecule has 0 radical (unpaired) electrons. The molecule has 102 valence electrons. The summed E-state index contributed by atoms with van der Waals surface area (Å²) in [6, 6.07) is 7.98. The van der Waals surface area contributed by atoms with Crippen molar-refractivity contribution in [2.75, 3.05) is 32.6 Å². The van der Waals surface area contributed by atoms with Gasteiger partial charge in [0.05, 0.1) is 18.6 Å². The second kappa shape index (κ2) is 6.80. The number of anilines is 1. The van der Waals surface area contributed by atoms with Gasteiger partial charge in [0.2, 0.25) is 0 Å². The monoisotopic (exact) mass is 260 g/mol. The molecule has 0 atom stereocenters. The SMILES string of the molecule is CN(C)CCOc1ccc(NCc2cnc[nH]2)cc1. The number of rotatable bonds is 7. The summed E-state index contributed by atoms with van der Waals surface area (Å²) in [6.07, 6.45) is 3.49. The predicted octanol–water partition coefficient (Wildman–Crippen LogP) is 1.96. The molecule has 1 heterocycles. The fourth-order valence-corrected chi connectivity index (χ4v) is 1.59. The van der Waals surface area contributed by atoms with Crippen LogP contribution in [0.2, 0.25) is 0 Å². The minimum atomic E-state index is 0.702. The fourth-order valence-electron chi connectivity index (χ4n) is 1.59. The highest BCUT2D eigenvalue weighted by molar-refractivity contribution is 5.46. The average Bonchev–Trinajstić information content (AvgIpc) is 2.90. The van der Waals surface area contributed by atoms with Gasteiger partial charge in [-0.15, -0.1) is 0 Å². The number of aromatic nitrogens is 2. The molecule has 5 heteroatoms. The molecule has 1 aromatic carbocycles. The lowest BCUT2D eigenvalue weighted by atomic mass is 10.3. The summed E-state index contributed by atoms with van der Waals surface area (Å²) >= 11 is 0. The number of H-pyrrole nitrogens is 1. The zero-order valence-electron chi connectivity index (χ0n) is 11.4. The molecular formula is C14H20N4O. The molecule has 0 saturated heterocycles. The van der Waals surface area contributed by atoms with Crippen molar-refractivity contribution in [2.45, 2.75) is 6.54 Å². The standard InChI is InChI=1S/C14H20N4O/c1-18(2)7-8-19-14-5-3-12(4-6-14)16-10-13-9-15-11-17-13/h3-6,9,11,16H,7-8,10H2,1-2H3,(H,15,17). The number of hydrogen-bond acceptors (Lipinski definition) is 4. The van der Waals surface area contributed by atoms with Gasteiger partial charge in [-0.2, -0.15) is 0 Å². The molecule has 0 aliphatic rings. The molecule has 1 aromatic heterocycles. The van der Waals surface area contributed by atoms with Crippen molar-refractivity contribution in [1.29, 1.82) is 0 Å². The number of aromatic amines is 1. The Hall–Kier alpha value is -2.01. The third-order valence-electron chi connectivity index (χ3n) is 2.70. The molecule has 2 N–H and O–H groups in total. The molecule has 0 aliphatic carbocycles. The minimum Gasteiger partial charge on any atom is -0.492 e. The number of imidazole rings is 1. The first-order chi connectivity index (χ1) is 9.24. The molecule has 0 fully saturated rings. The van der Waals surface area contributed by atoms with E-state index in [-0.39, 0.29) is 0 Å². The van der Waals surface area contributed by atoms with Gasteiger partial charge in [0.25, 0.3) is 0 Å². The normalized spacial score (nSPS) is 10.7. The lowest BCUT2D eigenvalue weighted by Gasteiger charge is -2.11. The van der Waals surface area contributed by atoms with Crippen molar-refractivity contribution in [2.24, 2.45) is 0 Å². The first-order valence-corrected chi connectivity index (χ1v) is 6.33. The van der Waals surface area contributed by atoms with E-state index in [1.807, 2.05) is 44.6 Å². The van der Waals surface area contributed by atoms with Gasteiger partial charge in [0.1, 0.15) is 12.4 Å². The summed E-state index contributed by atoms with van der Waals surface area (Å²) in [5.41, 5.74) is 2.13. The van der Waals surface area contributed by atoms with E-state index in [0.29, 0.717) is 6.61 Å². The van der Waals surface area contributed by atoms with Gasteiger partial charge >= 0.3 is 0 Å². The maximum atomic E-state index is 5.64. The Kier molecular flexibility index (Phi) is 4.80. The van der Waals surface area contributed by atoms with Crippen molar-refractivity contribution in [3.05, 3.63) is 42.5 Å². The molecule has 19 heavy (non-hydrogen) atoms. The third kappa shape index (κ3) is 4.63. The lowest BCUT2D eigenvalue weighted by Crippen LogP contribution is -2.19. The summed E-state index contributed by atoms with van der Waals surface area (Å²) in [5.74, 6) is 0.897. The molecule has 0 amide bonds. The molecule has 2 aromatic rings. The quantitative estimate of drug-likeness (QED) is 0.799. The van der Waals surface area contributed by atoms with Gasteiger partial charge in [-0.3, -0.25) is 0 Å². The van der Waals surface area contributed by atoms with Crippen LogP contribution in [0.3, 0.4) is 0 Å². The van der Waals surface area contributed by atoms with E-state index in [4.69, 9.17) is 4.74 Å². The Morgan fingerprint density at radius 2 is 2.05 bits per heavy atom. The molecule has 2 rings (SSSR count). The summed E-state index contributed by atoms with van der Waals surface area (Å²) in [7, 11) is 4.07. The highest BCUT2D eigenvalue weighted by atomic mass is 16.5. The summed E-state index contributed by atoms with van der Waals surface area (Å²) in [4.78, 5) is 9.13. The number of ether oxygens (including phenoxy) is 1. The smallest absolute Gasteiger partial charge is 0.119 e. The minimum absolute atomic E-state index is 0.702. The van der Waals surface area contributed by atoms with Crippen molar-refractivity contribution in [3.63, 3.8) is 0 Å². The fraction of sp³-hybridized carbons (Fsp3) is 0.357. The molecule has 0 unspecified atom stereocenters. The first kappa shape index (κ1) is 13.4. The summed E-state index contributed by atoms with van der Waals surface area (Å²) in [6.45, 7) is 2.36. The van der Waals surface area contributed by atoms with E-state index in [0.717, 1.165) is 30.2 Å². The Labute approximate surface area is 113 Å². The summed E-state index contributed by atoms with van der Waals surface area (Å²) in [5, 5.41) is 3.31. The second-order valence-electron chi connectivity index (χ2n) is 4.61. The first-order valence-electron chi connectivity index (χ1n) is 6.33. The number of likely N-dealkylation sites (N-methyl/N-ethyl adjacent to an activating group) is 1. The van der Waals surface area contributed by atoms with E-state index >= 15 is 0 Å². The van der Waals surface area contributed by atoms with Gasteiger partial charge < -0.3 is 19.9 Å². The highest BCUT2D eigenvalue weighted by Crippen LogP contribution is 2.16. The van der Waals surface area contributed by atoms with Crippen molar-refractivity contribution in [1.82, 2.24) is 14.9 Å². The topological polar surface area (TPSA) is 53.2 Å². The van der Waals surface area contributed by atoms with Gasteiger partial charge in [-0.1, -0.05) is 0 Å². The van der Waals surface area contributed by atoms with Crippen LogP contribution in [-0.4, -0.2) is 42.1 Å². The van der Waals surface area contributed by atoms with E-state index in [2.05, 4.69) is 20.2 Å². The van der Waals surface area contributed by atoms with Crippen LogP contribution in [0.1, 0.15) is 5.69 Å². The molecule has 0 spiro atoms. The van der Waals surface area contributed by atoms with Crippen molar-refractivity contribution < 1.29 is 4.74 Å². The largest absolute Gasteiger partial charge is 0.492 e. The Balaban J connectivity index is 1.77. The number of nitrogens with one attached hydrogen (secondary N) is 2. The highest BCUT2D eigenvalue weighted by Gasteiger charge is 1.97. The van der Waals surface area contributed by atoms with Gasteiger partial charge in [0.15, 0.2) is 0 Å². The zero-order chi connectivity index (χ0) is 13.5. The summed E-state index contributed by atoms with van der Waals surface area (Å²) < 4.78 is 5.64. The average molecular weight is 260 g/mol. The van der Waals surface area contributed by atoms with Gasteiger partial charge in [-0.05, 0) is 38.4 Å². The van der Waals surface area contributed by atoms with Crippen molar-refractivity contribution >= 4 is 5.69 Å². The van der Waals surface area contributed by atoms with Crippen LogP contribution in [0.4, 0.5) is 5.69 Å². The molecular weight excluding hydrogens is 240 g/mol. The number of nitrogens with zero attached hydrogens (tertiary/aromatic N) is 2. The van der Waals surface area contributed by atoms with Crippen LogP contribution in [-0.2, 0) is 6.54 Å². The number of benzene rings is 1. The van der Waals surface area contributed by atoms with E-state index in [1.54, 1.807) is 6.33 Å². The van der Waals surface area contributed by atoms with Gasteiger partial charge in [-0.25, -0.2) is 4.98 Å². The Bertz CT molecular complexity index is 465. The van der Waals surface area contributed by atoms with Crippen LogP contribution in [0, 0.1) is 0 Å². The van der Waals surface area contributed by atoms with Crippen LogP contribution in [0.25, 0.3) is 0 Å². The van der Waals surface area contributed by atoms with Crippen LogP contribution < -0.4 is 10.1 Å². The predicted molar refractivity (Wildman–Crippen MR) is 76.4 cm³/mol.